The van der Waals surface area contributed by atoms with Crippen molar-refractivity contribution < 1.29 is 12.6 Å². The number of hydrogen-bond acceptors (Lipinski definition) is 4. The molecule has 0 radical (unpaired) electrons. The number of aryl methyl sites for hydroxylation is 1. The Morgan fingerprint density at radius 2 is 1.83 bits per heavy atom. The number of fused-ring (bicyclic) bond motifs is 1. The first-order chi connectivity index (χ1) is 11.0. The van der Waals surface area contributed by atoms with Crippen LogP contribution in [0.4, 0.5) is 5.69 Å². The van der Waals surface area contributed by atoms with Gasteiger partial charge >= 0.3 is 10.1 Å². The van der Waals surface area contributed by atoms with Gasteiger partial charge in [-0.2, -0.15) is 8.42 Å². The minimum Gasteiger partial charge on any atom is -0.388 e. The molecule has 0 aliphatic carbocycles. The third kappa shape index (κ3) is 2.87. The third-order valence-corrected chi connectivity index (χ3v) is 4.57. The summed E-state index contributed by atoms with van der Waals surface area (Å²) in [4.78, 5) is 7.52. The summed E-state index contributed by atoms with van der Waals surface area (Å²) in [6.07, 6.45) is 1.53. The van der Waals surface area contributed by atoms with E-state index in [2.05, 4.69) is 9.83 Å². The molecule has 0 saturated carbocycles. The van der Waals surface area contributed by atoms with Crippen molar-refractivity contribution >= 4 is 26.7 Å². The van der Waals surface area contributed by atoms with Gasteiger partial charge in [-0.15, -0.1) is 0 Å². The molecule has 0 fully saturated rings. The smallest absolute Gasteiger partial charge is 0.338 e. The molecule has 0 amide bonds. The topological polar surface area (TPSA) is 60.6 Å². The minimum atomic E-state index is -4.04. The van der Waals surface area contributed by atoms with Crippen LogP contribution < -0.4 is 4.18 Å². The highest BCUT2D eigenvalue weighted by Gasteiger charge is 2.21. The Balaban J connectivity index is 2.14. The fourth-order valence-electron chi connectivity index (χ4n) is 2.14. The third-order valence-electron chi connectivity index (χ3n) is 3.33. The zero-order valence-electron chi connectivity index (χ0n) is 12.2. The normalized spacial score (nSPS) is 11.1. The minimum absolute atomic E-state index is 0.0342. The van der Waals surface area contributed by atoms with Crippen molar-refractivity contribution in [1.82, 2.24) is 4.98 Å². The quantitative estimate of drug-likeness (QED) is 0.542. The van der Waals surface area contributed by atoms with E-state index in [-0.39, 0.29) is 16.3 Å². The van der Waals surface area contributed by atoms with Crippen LogP contribution in [0.25, 0.3) is 15.7 Å². The van der Waals surface area contributed by atoms with Gasteiger partial charge < -0.3 is 4.18 Å². The van der Waals surface area contributed by atoms with Gasteiger partial charge in [0, 0.05) is 11.6 Å². The molecular formula is C17H12N2O3S. The number of pyridine rings is 1. The van der Waals surface area contributed by atoms with Crippen molar-refractivity contribution in [2.24, 2.45) is 0 Å². The number of hydrogen-bond donors (Lipinski definition) is 0. The van der Waals surface area contributed by atoms with Crippen molar-refractivity contribution in [1.29, 1.82) is 0 Å². The van der Waals surface area contributed by atoms with Crippen molar-refractivity contribution in [3.63, 3.8) is 0 Å². The first kappa shape index (κ1) is 15.0. The highest BCUT2D eigenvalue weighted by Crippen LogP contribution is 2.36. The molecule has 23 heavy (non-hydrogen) atoms. The zero-order chi connectivity index (χ0) is 16.4. The molecule has 114 valence electrons. The van der Waals surface area contributed by atoms with Crippen LogP contribution in [-0.2, 0) is 10.1 Å². The van der Waals surface area contributed by atoms with E-state index in [1.165, 1.54) is 24.4 Å². The molecule has 5 nitrogen and oxygen atoms in total. The van der Waals surface area contributed by atoms with Crippen LogP contribution in [-0.4, -0.2) is 13.4 Å². The predicted molar refractivity (Wildman–Crippen MR) is 87.0 cm³/mol. The van der Waals surface area contributed by atoms with Gasteiger partial charge in [0.2, 0.25) is 5.69 Å². The van der Waals surface area contributed by atoms with E-state index in [1.807, 2.05) is 6.92 Å². The van der Waals surface area contributed by atoms with E-state index in [0.717, 1.165) is 5.56 Å². The van der Waals surface area contributed by atoms with Crippen LogP contribution in [0.2, 0.25) is 0 Å². The molecule has 0 unspecified atom stereocenters. The predicted octanol–water partition coefficient (Wildman–Crippen LogP) is 3.86. The van der Waals surface area contributed by atoms with E-state index in [0.29, 0.717) is 10.9 Å². The molecule has 0 saturated heterocycles. The van der Waals surface area contributed by atoms with Crippen LogP contribution >= 0.6 is 0 Å². The highest BCUT2D eigenvalue weighted by molar-refractivity contribution is 7.87. The zero-order valence-corrected chi connectivity index (χ0v) is 13.0. The second-order valence-corrected chi connectivity index (χ2v) is 6.50. The Bertz CT molecular complexity index is 1020. The summed E-state index contributed by atoms with van der Waals surface area (Å²) in [6.45, 7) is 9.09. The Hall–Kier alpha value is -2.91. The van der Waals surface area contributed by atoms with Crippen molar-refractivity contribution in [3.05, 3.63) is 71.7 Å². The maximum atomic E-state index is 12.5. The largest absolute Gasteiger partial charge is 0.388 e. The summed E-state index contributed by atoms with van der Waals surface area (Å²) in [5, 5.41) is 0.703. The lowest BCUT2D eigenvalue weighted by molar-refractivity contribution is 0.489. The molecule has 6 heteroatoms. The van der Waals surface area contributed by atoms with Crippen LogP contribution in [0.5, 0.6) is 5.75 Å². The lowest BCUT2D eigenvalue weighted by Gasteiger charge is -2.11. The molecule has 2 aromatic carbocycles. The van der Waals surface area contributed by atoms with Crippen LogP contribution in [0.15, 0.2) is 59.6 Å². The monoisotopic (exact) mass is 324 g/mol. The average Bonchev–Trinajstić information content (AvgIpc) is 2.55. The first-order valence-electron chi connectivity index (χ1n) is 6.77. The number of benzene rings is 2. The molecule has 1 heterocycles. The lowest BCUT2D eigenvalue weighted by atomic mass is 10.2. The standard InChI is InChI=1S/C17H12N2O3S/c1-12-5-8-14(9-6-12)23(20,21)22-17-15(18-2)10-7-13-4-3-11-19-16(13)17/h3-11H,1H3. The van der Waals surface area contributed by atoms with E-state index >= 15 is 0 Å². The van der Waals surface area contributed by atoms with Gasteiger partial charge in [0.25, 0.3) is 0 Å². The van der Waals surface area contributed by atoms with E-state index in [1.54, 1.807) is 30.3 Å². The summed E-state index contributed by atoms with van der Waals surface area (Å²) in [5.41, 5.74) is 1.39. The Labute approximate surface area is 134 Å². The second-order valence-electron chi connectivity index (χ2n) is 4.95. The summed E-state index contributed by atoms with van der Waals surface area (Å²) in [6, 6.07) is 13.1. The highest BCUT2D eigenvalue weighted by atomic mass is 32.2. The molecule has 3 rings (SSSR count). The van der Waals surface area contributed by atoms with E-state index in [4.69, 9.17) is 10.8 Å². The fraction of sp³-hybridized carbons (Fsp3) is 0.0588. The van der Waals surface area contributed by atoms with Crippen molar-refractivity contribution in [2.75, 3.05) is 0 Å². The van der Waals surface area contributed by atoms with Gasteiger partial charge in [-0.05, 0) is 25.1 Å². The second kappa shape index (κ2) is 5.71. The maximum Gasteiger partial charge on any atom is 0.338 e. The van der Waals surface area contributed by atoms with Crippen LogP contribution in [0.1, 0.15) is 5.56 Å². The molecule has 0 spiro atoms. The van der Waals surface area contributed by atoms with Gasteiger partial charge in [-0.3, -0.25) is 4.98 Å². The SMILES string of the molecule is [C-]#[N+]c1ccc2cccnc2c1OS(=O)(=O)c1ccc(C)cc1. The van der Waals surface area contributed by atoms with Gasteiger partial charge in [0.15, 0.2) is 5.75 Å². The summed E-state index contributed by atoms with van der Waals surface area (Å²) < 4.78 is 30.2. The molecule has 0 atom stereocenters. The summed E-state index contributed by atoms with van der Waals surface area (Å²) in [7, 11) is -4.04. The number of rotatable bonds is 3. The Morgan fingerprint density at radius 1 is 1.09 bits per heavy atom. The van der Waals surface area contributed by atoms with Crippen LogP contribution in [0.3, 0.4) is 0 Å². The molecule has 3 aromatic rings. The van der Waals surface area contributed by atoms with Gasteiger partial charge in [-0.1, -0.05) is 35.9 Å². The molecule has 1 aromatic heterocycles. The Kier molecular flexibility index (Phi) is 3.72. The van der Waals surface area contributed by atoms with E-state index < -0.39 is 10.1 Å². The van der Waals surface area contributed by atoms with Gasteiger partial charge in [0.1, 0.15) is 10.4 Å². The van der Waals surface area contributed by atoms with Gasteiger partial charge in [-0.25, -0.2) is 4.85 Å². The first-order valence-corrected chi connectivity index (χ1v) is 8.18. The summed E-state index contributed by atoms with van der Waals surface area (Å²) in [5.74, 6) is -0.0429. The van der Waals surface area contributed by atoms with Crippen molar-refractivity contribution in [2.45, 2.75) is 11.8 Å². The number of aromatic nitrogens is 1. The molecule has 0 aliphatic rings. The molecule has 0 bridgehead atoms. The van der Waals surface area contributed by atoms with Crippen molar-refractivity contribution in [3.8, 4) is 5.75 Å². The molecule has 0 aliphatic heterocycles. The van der Waals surface area contributed by atoms with Crippen LogP contribution in [0, 0.1) is 13.5 Å². The maximum absolute atomic E-state index is 12.5. The fourth-order valence-corrected chi connectivity index (χ4v) is 3.09. The van der Waals surface area contributed by atoms with Gasteiger partial charge in [0.05, 0.1) is 6.57 Å². The summed E-state index contributed by atoms with van der Waals surface area (Å²) >= 11 is 0. The van der Waals surface area contributed by atoms with E-state index in [9.17, 15) is 8.42 Å². The average molecular weight is 324 g/mol. The molecular weight excluding hydrogens is 312 g/mol. The lowest BCUT2D eigenvalue weighted by Crippen LogP contribution is -2.10. The Morgan fingerprint density at radius 3 is 2.52 bits per heavy atom. The number of nitrogens with zero attached hydrogens (tertiary/aromatic N) is 2. The molecule has 0 N–H and O–H groups in total.